The molecule has 40 heavy (non-hydrogen) atoms. The SMILES string of the molecule is CN(C)c1ccc(C=C(NC(=O)c2ccccc2)C(=O)NN=Cc2ccc(OC(=O)c3ccccc3)cc2)cc1. The highest BCUT2D eigenvalue weighted by atomic mass is 16.5. The Balaban J connectivity index is 1.44. The number of hydrazone groups is 1. The quantitative estimate of drug-likeness (QED) is 0.105. The molecule has 0 saturated carbocycles. The highest BCUT2D eigenvalue weighted by molar-refractivity contribution is 6.05. The van der Waals surface area contributed by atoms with Crippen LogP contribution in [0, 0.1) is 0 Å². The van der Waals surface area contributed by atoms with E-state index in [2.05, 4.69) is 15.8 Å². The lowest BCUT2D eigenvalue weighted by Gasteiger charge is -2.12. The highest BCUT2D eigenvalue weighted by Crippen LogP contribution is 2.15. The number of hydrogen-bond acceptors (Lipinski definition) is 6. The van der Waals surface area contributed by atoms with Crippen LogP contribution in [0.1, 0.15) is 31.8 Å². The van der Waals surface area contributed by atoms with Crippen LogP contribution in [-0.4, -0.2) is 38.1 Å². The molecule has 0 aromatic heterocycles. The van der Waals surface area contributed by atoms with Gasteiger partial charge in [-0.1, -0.05) is 48.5 Å². The van der Waals surface area contributed by atoms with E-state index < -0.39 is 17.8 Å². The van der Waals surface area contributed by atoms with E-state index in [4.69, 9.17) is 4.74 Å². The summed E-state index contributed by atoms with van der Waals surface area (Å²) in [6, 6.07) is 31.5. The van der Waals surface area contributed by atoms with Crippen LogP contribution in [0.5, 0.6) is 5.75 Å². The molecule has 0 heterocycles. The zero-order valence-electron chi connectivity index (χ0n) is 22.1. The van der Waals surface area contributed by atoms with E-state index in [0.717, 1.165) is 11.3 Å². The predicted molar refractivity (Wildman–Crippen MR) is 156 cm³/mol. The molecule has 0 bridgehead atoms. The van der Waals surface area contributed by atoms with Crippen LogP contribution in [0.2, 0.25) is 0 Å². The Bertz CT molecular complexity index is 1510. The van der Waals surface area contributed by atoms with E-state index >= 15 is 0 Å². The number of esters is 1. The van der Waals surface area contributed by atoms with Crippen molar-refractivity contribution in [3.05, 3.63) is 137 Å². The summed E-state index contributed by atoms with van der Waals surface area (Å²) >= 11 is 0. The maximum absolute atomic E-state index is 13.0. The van der Waals surface area contributed by atoms with Crippen molar-refractivity contribution in [2.24, 2.45) is 5.10 Å². The lowest BCUT2D eigenvalue weighted by atomic mass is 10.1. The van der Waals surface area contributed by atoms with Gasteiger partial charge in [-0.3, -0.25) is 9.59 Å². The van der Waals surface area contributed by atoms with Gasteiger partial charge in [-0.2, -0.15) is 5.10 Å². The van der Waals surface area contributed by atoms with Gasteiger partial charge in [0.1, 0.15) is 11.4 Å². The van der Waals surface area contributed by atoms with Gasteiger partial charge in [-0.05, 0) is 77.9 Å². The number of carbonyl (C=O) groups excluding carboxylic acids is 3. The molecule has 2 amide bonds. The third-order valence-electron chi connectivity index (χ3n) is 5.73. The first-order chi connectivity index (χ1) is 19.4. The van der Waals surface area contributed by atoms with Crippen LogP contribution in [0.25, 0.3) is 6.08 Å². The molecule has 4 aromatic carbocycles. The van der Waals surface area contributed by atoms with Crippen molar-refractivity contribution in [2.45, 2.75) is 0 Å². The van der Waals surface area contributed by atoms with Gasteiger partial charge < -0.3 is 15.0 Å². The maximum atomic E-state index is 13.0. The minimum absolute atomic E-state index is 0.0341. The molecule has 0 fully saturated rings. The average molecular weight is 533 g/mol. The summed E-state index contributed by atoms with van der Waals surface area (Å²) in [4.78, 5) is 40.0. The molecule has 2 N–H and O–H groups in total. The second-order valence-electron chi connectivity index (χ2n) is 8.89. The van der Waals surface area contributed by atoms with E-state index in [1.165, 1.54) is 6.21 Å². The zero-order valence-corrected chi connectivity index (χ0v) is 22.1. The van der Waals surface area contributed by atoms with Gasteiger partial charge in [0.05, 0.1) is 11.8 Å². The van der Waals surface area contributed by atoms with Crippen LogP contribution >= 0.6 is 0 Å². The fourth-order valence-corrected chi connectivity index (χ4v) is 3.57. The number of rotatable bonds is 9. The first-order valence-electron chi connectivity index (χ1n) is 12.5. The molecule has 0 spiro atoms. The zero-order chi connectivity index (χ0) is 28.3. The van der Waals surface area contributed by atoms with E-state index in [-0.39, 0.29) is 5.70 Å². The second kappa shape index (κ2) is 13.3. The summed E-state index contributed by atoms with van der Waals surface area (Å²) in [5, 5.41) is 6.71. The van der Waals surface area contributed by atoms with Gasteiger partial charge in [-0.25, -0.2) is 10.2 Å². The number of nitrogens with zero attached hydrogens (tertiary/aromatic N) is 2. The van der Waals surface area contributed by atoms with Crippen LogP contribution in [0.15, 0.2) is 120 Å². The molecule has 0 aliphatic rings. The molecule has 8 heteroatoms. The molecule has 0 radical (unpaired) electrons. The molecule has 8 nitrogen and oxygen atoms in total. The van der Waals surface area contributed by atoms with Crippen molar-refractivity contribution in [2.75, 3.05) is 19.0 Å². The molecular formula is C32H28N4O4. The molecule has 0 atom stereocenters. The van der Waals surface area contributed by atoms with Gasteiger partial charge >= 0.3 is 5.97 Å². The average Bonchev–Trinajstić information content (AvgIpc) is 2.98. The van der Waals surface area contributed by atoms with Gasteiger partial charge in [0, 0.05) is 25.3 Å². The molecular weight excluding hydrogens is 504 g/mol. The molecule has 200 valence electrons. The Morgan fingerprint density at radius 3 is 1.90 bits per heavy atom. The minimum Gasteiger partial charge on any atom is -0.423 e. The third kappa shape index (κ3) is 7.75. The van der Waals surface area contributed by atoms with Crippen molar-refractivity contribution in [3.63, 3.8) is 0 Å². The molecule has 4 aromatic rings. The predicted octanol–water partition coefficient (Wildman–Crippen LogP) is 4.89. The topological polar surface area (TPSA) is 100 Å². The standard InChI is InChI=1S/C32H28N4O4/c1-36(2)27-17-13-23(14-18-27)21-29(34-30(37)25-9-5-3-6-10-25)31(38)35-33-22-24-15-19-28(20-16-24)40-32(39)26-11-7-4-8-12-26/h3-22H,1-2H3,(H,34,37)(H,35,38). The van der Waals surface area contributed by atoms with E-state index in [9.17, 15) is 14.4 Å². The van der Waals surface area contributed by atoms with Crippen molar-refractivity contribution in [1.29, 1.82) is 0 Å². The van der Waals surface area contributed by atoms with E-state index in [1.807, 2.05) is 49.3 Å². The molecule has 0 unspecified atom stereocenters. The van der Waals surface area contributed by atoms with Crippen molar-refractivity contribution >= 4 is 35.8 Å². The Morgan fingerprint density at radius 1 is 0.725 bits per heavy atom. The van der Waals surface area contributed by atoms with Crippen LogP contribution in [0.4, 0.5) is 5.69 Å². The summed E-state index contributed by atoms with van der Waals surface area (Å²) < 4.78 is 5.38. The first kappa shape index (κ1) is 27.5. The van der Waals surface area contributed by atoms with Crippen molar-refractivity contribution in [3.8, 4) is 5.75 Å². The number of ether oxygens (including phenoxy) is 1. The van der Waals surface area contributed by atoms with Gasteiger partial charge in [0.25, 0.3) is 11.8 Å². The summed E-state index contributed by atoms with van der Waals surface area (Å²) in [5.74, 6) is -1.09. The largest absolute Gasteiger partial charge is 0.423 e. The van der Waals surface area contributed by atoms with Crippen molar-refractivity contribution < 1.29 is 19.1 Å². The molecule has 0 aliphatic heterocycles. The number of anilines is 1. The van der Waals surface area contributed by atoms with Gasteiger partial charge in [0.2, 0.25) is 0 Å². The Labute approximate surface area is 232 Å². The molecule has 0 aliphatic carbocycles. The van der Waals surface area contributed by atoms with Crippen LogP contribution in [-0.2, 0) is 4.79 Å². The lowest BCUT2D eigenvalue weighted by Crippen LogP contribution is -2.32. The summed E-state index contributed by atoms with van der Waals surface area (Å²) in [6.45, 7) is 0. The van der Waals surface area contributed by atoms with Gasteiger partial charge in [-0.15, -0.1) is 0 Å². The number of hydrogen-bond donors (Lipinski definition) is 2. The molecule has 4 rings (SSSR count). The van der Waals surface area contributed by atoms with Crippen LogP contribution in [0.3, 0.4) is 0 Å². The fourth-order valence-electron chi connectivity index (χ4n) is 3.57. The summed E-state index contributed by atoms with van der Waals surface area (Å²) in [6.07, 6.45) is 3.03. The fraction of sp³-hybridized carbons (Fsp3) is 0.0625. The normalized spacial score (nSPS) is 11.1. The number of amides is 2. The smallest absolute Gasteiger partial charge is 0.343 e. The lowest BCUT2D eigenvalue weighted by molar-refractivity contribution is -0.117. The van der Waals surface area contributed by atoms with Crippen LogP contribution < -0.4 is 20.4 Å². The van der Waals surface area contributed by atoms with Gasteiger partial charge in [0.15, 0.2) is 0 Å². The van der Waals surface area contributed by atoms with Crippen molar-refractivity contribution in [1.82, 2.24) is 10.7 Å². The third-order valence-corrected chi connectivity index (χ3v) is 5.73. The number of nitrogens with one attached hydrogen (secondary N) is 2. The number of benzene rings is 4. The maximum Gasteiger partial charge on any atom is 0.343 e. The Morgan fingerprint density at radius 2 is 1.30 bits per heavy atom. The first-order valence-corrected chi connectivity index (χ1v) is 12.5. The Kier molecular flexibility index (Phi) is 9.18. The Hall–Kier alpha value is -5.50. The highest BCUT2D eigenvalue weighted by Gasteiger charge is 2.14. The number of carbonyl (C=O) groups is 3. The monoisotopic (exact) mass is 532 g/mol. The minimum atomic E-state index is -0.592. The second-order valence-corrected chi connectivity index (χ2v) is 8.89. The van der Waals surface area contributed by atoms with E-state index in [1.54, 1.807) is 84.9 Å². The summed E-state index contributed by atoms with van der Waals surface area (Å²) in [5.41, 5.74) is 5.76. The summed E-state index contributed by atoms with van der Waals surface area (Å²) in [7, 11) is 3.87. The molecule has 0 saturated heterocycles. The van der Waals surface area contributed by atoms with E-state index in [0.29, 0.717) is 22.4 Å².